The smallest absolute Gasteiger partial charge is 0.319 e. The Morgan fingerprint density at radius 2 is 1.82 bits per heavy atom. The molecule has 1 aromatic rings. The number of hydrogen-bond acceptors (Lipinski definition) is 2. The van der Waals surface area contributed by atoms with Gasteiger partial charge in [0.05, 0.1) is 10.0 Å². The number of amides is 3. The number of nitrogens with one attached hydrogen (secondary N) is 2. The van der Waals surface area contributed by atoms with Crippen LogP contribution in [0.5, 0.6) is 0 Å². The van der Waals surface area contributed by atoms with Gasteiger partial charge in [0.2, 0.25) is 5.91 Å². The van der Waals surface area contributed by atoms with E-state index in [1.165, 1.54) is 4.90 Å². The van der Waals surface area contributed by atoms with Gasteiger partial charge in [0.25, 0.3) is 0 Å². The number of urea groups is 1. The summed E-state index contributed by atoms with van der Waals surface area (Å²) in [4.78, 5) is 25.6. The summed E-state index contributed by atoms with van der Waals surface area (Å²) in [5.41, 5.74) is 0.507. The normalized spacial score (nSPS) is 12.0. The standard InChI is InChI=1S/C15H21Cl2N3O2/c1-9(2)7-13(14(21)20(3)4)19-15(22)18-10-5-6-11(16)12(17)8-10/h5-6,8-9,13H,7H2,1-4H3,(H2,18,19,22)/t13-/m0/s1. The average Bonchev–Trinajstić information content (AvgIpc) is 2.40. The van der Waals surface area contributed by atoms with E-state index in [1.807, 2.05) is 13.8 Å². The molecular weight excluding hydrogens is 325 g/mol. The molecule has 22 heavy (non-hydrogen) atoms. The molecule has 0 heterocycles. The van der Waals surface area contributed by atoms with Crippen molar-refractivity contribution in [1.82, 2.24) is 10.2 Å². The molecule has 0 spiro atoms. The summed E-state index contributed by atoms with van der Waals surface area (Å²) in [6, 6.07) is 3.75. The maximum absolute atomic E-state index is 12.1. The Balaban J connectivity index is 2.73. The van der Waals surface area contributed by atoms with E-state index in [0.29, 0.717) is 22.2 Å². The summed E-state index contributed by atoms with van der Waals surface area (Å²) in [5.74, 6) is 0.136. The lowest BCUT2D eigenvalue weighted by atomic mass is 10.0. The second kappa shape index (κ2) is 8.25. The maximum atomic E-state index is 12.1. The van der Waals surface area contributed by atoms with Crippen molar-refractivity contribution in [1.29, 1.82) is 0 Å². The van der Waals surface area contributed by atoms with Crippen LogP contribution in [0.4, 0.5) is 10.5 Å². The molecule has 0 aliphatic heterocycles. The molecule has 2 N–H and O–H groups in total. The van der Waals surface area contributed by atoms with Crippen LogP contribution in [0, 0.1) is 5.92 Å². The van der Waals surface area contributed by atoms with Crippen LogP contribution in [-0.4, -0.2) is 37.0 Å². The SMILES string of the molecule is CC(C)C[C@H](NC(=O)Nc1ccc(Cl)c(Cl)c1)C(=O)N(C)C. The van der Waals surface area contributed by atoms with Crippen LogP contribution in [0.3, 0.4) is 0 Å². The lowest BCUT2D eigenvalue weighted by molar-refractivity contribution is -0.131. The Morgan fingerprint density at radius 1 is 1.18 bits per heavy atom. The molecule has 0 aliphatic rings. The second-order valence-corrected chi connectivity index (χ2v) is 6.46. The highest BCUT2D eigenvalue weighted by Crippen LogP contribution is 2.24. The van der Waals surface area contributed by atoms with Gasteiger partial charge >= 0.3 is 6.03 Å². The topological polar surface area (TPSA) is 61.4 Å². The summed E-state index contributed by atoms with van der Waals surface area (Å²) in [6.45, 7) is 3.99. The predicted molar refractivity (Wildman–Crippen MR) is 90.6 cm³/mol. The summed E-state index contributed by atoms with van der Waals surface area (Å²) in [5, 5.41) is 6.10. The Kier molecular flexibility index (Phi) is 6.97. The van der Waals surface area contributed by atoms with Gasteiger partial charge in [-0.1, -0.05) is 37.0 Å². The Bertz CT molecular complexity index is 548. The molecule has 7 heteroatoms. The lowest BCUT2D eigenvalue weighted by Crippen LogP contribution is -2.48. The summed E-state index contributed by atoms with van der Waals surface area (Å²) in [7, 11) is 3.32. The van der Waals surface area contributed by atoms with Crippen LogP contribution in [0.15, 0.2) is 18.2 Å². The van der Waals surface area contributed by atoms with E-state index in [9.17, 15) is 9.59 Å². The number of carbonyl (C=O) groups excluding carboxylic acids is 2. The fourth-order valence-corrected chi connectivity index (χ4v) is 2.20. The fraction of sp³-hybridized carbons (Fsp3) is 0.467. The van der Waals surface area contributed by atoms with E-state index in [2.05, 4.69) is 10.6 Å². The van der Waals surface area contributed by atoms with Gasteiger partial charge in [-0.2, -0.15) is 0 Å². The van der Waals surface area contributed by atoms with Crippen molar-refractivity contribution in [2.75, 3.05) is 19.4 Å². The highest BCUT2D eigenvalue weighted by molar-refractivity contribution is 6.42. The van der Waals surface area contributed by atoms with Gasteiger partial charge in [-0.25, -0.2) is 4.79 Å². The van der Waals surface area contributed by atoms with Crippen molar-refractivity contribution in [3.63, 3.8) is 0 Å². The van der Waals surface area contributed by atoms with Crippen molar-refractivity contribution in [2.24, 2.45) is 5.92 Å². The number of hydrogen-bond donors (Lipinski definition) is 2. The molecular formula is C15H21Cl2N3O2. The van der Waals surface area contributed by atoms with Crippen LogP contribution in [0.1, 0.15) is 20.3 Å². The third-order valence-corrected chi connectivity index (χ3v) is 3.67. The van der Waals surface area contributed by atoms with E-state index in [4.69, 9.17) is 23.2 Å². The largest absolute Gasteiger partial charge is 0.347 e. The van der Waals surface area contributed by atoms with Gasteiger partial charge < -0.3 is 15.5 Å². The molecule has 0 saturated heterocycles. The van der Waals surface area contributed by atoms with E-state index in [0.717, 1.165) is 0 Å². The van der Waals surface area contributed by atoms with Gasteiger partial charge in [0.1, 0.15) is 6.04 Å². The fourth-order valence-electron chi connectivity index (χ4n) is 1.90. The van der Waals surface area contributed by atoms with Crippen molar-refractivity contribution in [2.45, 2.75) is 26.3 Å². The van der Waals surface area contributed by atoms with Crippen LogP contribution < -0.4 is 10.6 Å². The van der Waals surface area contributed by atoms with Crippen molar-refractivity contribution in [3.8, 4) is 0 Å². The molecule has 1 rings (SSSR count). The predicted octanol–water partition coefficient (Wildman–Crippen LogP) is 3.62. The van der Waals surface area contributed by atoms with Crippen molar-refractivity contribution in [3.05, 3.63) is 28.2 Å². The first-order chi connectivity index (χ1) is 10.2. The number of likely N-dealkylation sites (N-methyl/N-ethyl adjacent to an activating group) is 1. The number of benzene rings is 1. The summed E-state index contributed by atoms with van der Waals surface area (Å²) < 4.78 is 0. The lowest BCUT2D eigenvalue weighted by Gasteiger charge is -2.23. The third-order valence-electron chi connectivity index (χ3n) is 2.93. The average molecular weight is 346 g/mol. The molecule has 3 amide bonds. The number of halogens is 2. The number of anilines is 1. The monoisotopic (exact) mass is 345 g/mol. The first kappa shape index (κ1) is 18.6. The van der Waals surface area contributed by atoms with E-state index in [1.54, 1.807) is 32.3 Å². The Labute approximate surface area is 141 Å². The van der Waals surface area contributed by atoms with Crippen molar-refractivity contribution < 1.29 is 9.59 Å². The number of rotatable bonds is 5. The maximum Gasteiger partial charge on any atom is 0.319 e. The molecule has 1 atom stereocenters. The molecule has 0 bridgehead atoms. The van der Waals surface area contributed by atoms with Gasteiger partial charge in [-0.15, -0.1) is 0 Å². The Morgan fingerprint density at radius 3 is 2.32 bits per heavy atom. The van der Waals surface area contributed by atoms with Crippen LogP contribution >= 0.6 is 23.2 Å². The number of nitrogens with zero attached hydrogens (tertiary/aromatic N) is 1. The third kappa shape index (κ3) is 5.73. The zero-order chi connectivity index (χ0) is 16.9. The second-order valence-electron chi connectivity index (χ2n) is 5.64. The molecule has 122 valence electrons. The summed E-state index contributed by atoms with van der Waals surface area (Å²) >= 11 is 11.7. The minimum absolute atomic E-state index is 0.141. The van der Waals surface area contributed by atoms with Gasteiger partial charge in [-0.05, 0) is 30.5 Å². The number of carbonyl (C=O) groups is 2. The first-order valence-corrected chi connectivity index (χ1v) is 7.70. The summed E-state index contributed by atoms with van der Waals surface area (Å²) in [6.07, 6.45) is 0.561. The molecule has 0 radical (unpaired) electrons. The van der Waals surface area contributed by atoms with Crippen LogP contribution in [0.2, 0.25) is 10.0 Å². The van der Waals surface area contributed by atoms with E-state index >= 15 is 0 Å². The zero-order valence-corrected chi connectivity index (χ0v) is 14.6. The molecule has 1 aromatic carbocycles. The molecule has 0 fully saturated rings. The first-order valence-electron chi connectivity index (χ1n) is 6.94. The van der Waals surface area contributed by atoms with E-state index in [-0.39, 0.29) is 11.8 Å². The quantitative estimate of drug-likeness (QED) is 0.855. The molecule has 5 nitrogen and oxygen atoms in total. The van der Waals surface area contributed by atoms with Crippen LogP contribution in [0.25, 0.3) is 0 Å². The molecule has 0 aliphatic carbocycles. The zero-order valence-electron chi connectivity index (χ0n) is 13.1. The minimum atomic E-state index is -0.572. The molecule has 0 aromatic heterocycles. The molecule has 0 saturated carbocycles. The minimum Gasteiger partial charge on any atom is -0.347 e. The van der Waals surface area contributed by atoms with Crippen LogP contribution in [-0.2, 0) is 4.79 Å². The highest BCUT2D eigenvalue weighted by Gasteiger charge is 2.23. The van der Waals surface area contributed by atoms with Crippen molar-refractivity contribution >= 4 is 40.8 Å². The van der Waals surface area contributed by atoms with Gasteiger partial charge in [-0.3, -0.25) is 4.79 Å². The highest BCUT2D eigenvalue weighted by atomic mass is 35.5. The Hall–Kier alpha value is -1.46. The van der Waals surface area contributed by atoms with Gasteiger partial charge in [0, 0.05) is 19.8 Å². The van der Waals surface area contributed by atoms with E-state index < -0.39 is 12.1 Å². The molecule has 0 unspecified atom stereocenters. The van der Waals surface area contributed by atoms with Gasteiger partial charge in [0.15, 0.2) is 0 Å².